The second-order valence-electron chi connectivity index (χ2n) is 5.53. The van der Waals surface area contributed by atoms with Gasteiger partial charge in [-0.3, -0.25) is 0 Å². The Hall–Kier alpha value is -2.59. The Balaban J connectivity index is 2.01. The van der Waals surface area contributed by atoms with Gasteiger partial charge in [0.15, 0.2) is 5.69 Å². The molecule has 0 spiro atoms. The topological polar surface area (TPSA) is 55.1 Å². The van der Waals surface area contributed by atoms with E-state index in [0.717, 1.165) is 28.9 Å². The van der Waals surface area contributed by atoms with Crippen molar-refractivity contribution >= 4 is 17.6 Å². The fourth-order valence-corrected chi connectivity index (χ4v) is 3.26. The number of rotatable bonds is 2. The van der Waals surface area contributed by atoms with E-state index in [0.29, 0.717) is 11.4 Å². The van der Waals surface area contributed by atoms with E-state index in [1.54, 1.807) is 16.8 Å². The van der Waals surface area contributed by atoms with Crippen LogP contribution in [-0.4, -0.2) is 20.9 Å². The van der Waals surface area contributed by atoms with Gasteiger partial charge in [-0.15, -0.1) is 0 Å². The first kappa shape index (κ1) is 14.0. The summed E-state index contributed by atoms with van der Waals surface area (Å²) < 4.78 is 1.72. The van der Waals surface area contributed by atoms with E-state index in [1.807, 2.05) is 30.3 Å². The average Bonchev–Trinajstić information content (AvgIpc) is 2.96. The molecule has 1 aliphatic carbocycles. The van der Waals surface area contributed by atoms with Crippen LogP contribution in [0.25, 0.3) is 16.9 Å². The van der Waals surface area contributed by atoms with Crippen molar-refractivity contribution in [3.8, 4) is 16.9 Å². The van der Waals surface area contributed by atoms with Crippen molar-refractivity contribution in [2.24, 2.45) is 0 Å². The van der Waals surface area contributed by atoms with Crippen LogP contribution in [-0.2, 0) is 12.8 Å². The Bertz CT molecular complexity index is 913. The molecule has 4 nitrogen and oxygen atoms in total. The van der Waals surface area contributed by atoms with E-state index in [4.69, 9.17) is 11.6 Å². The maximum Gasteiger partial charge on any atom is 0.356 e. The second-order valence-corrected chi connectivity index (χ2v) is 5.96. The Kier molecular flexibility index (Phi) is 3.20. The summed E-state index contributed by atoms with van der Waals surface area (Å²) in [5.41, 5.74) is 4.85. The van der Waals surface area contributed by atoms with Gasteiger partial charge >= 0.3 is 5.97 Å². The summed E-state index contributed by atoms with van der Waals surface area (Å²) in [5.74, 6) is -0.992. The molecule has 0 atom stereocenters. The molecule has 0 radical (unpaired) electrons. The summed E-state index contributed by atoms with van der Waals surface area (Å²) in [6.45, 7) is 0. The SMILES string of the molecule is O=C(O)c1nn(-c2ccc(Cl)cc2)c2c1CCc1ccccc1-2. The number of fused-ring (bicyclic) bond motifs is 3. The number of aryl methyl sites for hydroxylation is 1. The first-order valence-electron chi connectivity index (χ1n) is 7.34. The van der Waals surface area contributed by atoms with Gasteiger partial charge < -0.3 is 5.11 Å². The van der Waals surface area contributed by atoms with Gasteiger partial charge in [0.1, 0.15) is 0 Å². The van der Waals surface area contributed by atoms with Crippen LogP contribution in [0, 0.1) is 0 Å². The van der Waals surface area contributed by atoms with Crippen LogP contribution in [0.15, 0.2) is 48.5 Å². The fourth-order valence-electron chi connectivity index (χ4n) is 3.13. The molecule has 0 unspecified atom stereocenters. The minimum absolute atomic E-state index is 0.129. The quantitative estimate of drug-likeness (QED) is 0.775. The molecule has 0 saturated carbocycles. The number of nitrogens with zero attached hydrogens (tertiary/aromatic N) is 2. The number of hydrogen-bond acceptors (Lipinski definition) is 2. The molecule has 5 heteroatoms. The van der Waals surface area contributed by atoms with Gasteiger partial charge in [0.05, 0.1) is 11.4 Å². The molecule has 114 valence electrons. The van der Waals surface area contributed by atoms with Crippen molar-refractivity contribution in [3.05, 3.63) is 70.4 Å². The first-order valence-corrected chi connectivity index (χ1v) is 7.72. The van der Waals surface area contributed by atoms with E-state index in [1.165, 1.54) is 5.56 Å². The van der Waals surface area contributed by atoms with Crippen LogP contribution >= 0.6 is 11.6 Å². The summed E-state index contributed by atoms with van der Waals surface area (Å²) in [4.78, 5) is 11.6. The Morgan fingerprint density at radius 3 is 2.57 bits per heavy atom. The molecule has 2 aromatic carbocycles. The van der Waals surface area contributed by atoms with Crippen LogP contribution in [0.4, 0.5) is 0 Å². The third-order valence-electron chi connectivity index (χ3n) is 4.17. The van der Waals surface area contributed by atoms with Crippen LogP contribution < -0.4 is 0 Å². The molecule has 0 amide bonds. The van der Waals surface area contributed by atoms with Gasteiger partial charge in [0.2, 0.25) is 0 Å². The molecular formula is C18H13ClN2O2. The number of benzene rings is 2. The van der Waals surface area contributed by atoms with Crippen LogP contribution in [0.2, 0.25) is 5.02 Å². The van der Waals surface area contributed by atoms with E-state index in [2.05, 4.69) is 11.2 Å². The van der Waals surface area contributed by atoms with Gasteiger partial charge in [-0.1, -0.05) is 35.9 Å². The lowest BCUT2D eigenvalue weighted by molar-refractivity contribution is 0.0689. The Morgan fingerprint density at radius 1 is 1.09 bits per heavy atom. The number of carbonyl (C=O) groups is 1. The number of carboxylic acid groups (broad SMARTS) is 1. The average molecular weight is 325 g/mol. The number of aromatic carboxylic acids is 1. The summed E-state index contributed by atoms with van der Waals surface area (Å²) in [6, 6.07) is 15.3. The van der Waals surface area contributed by atoms with Gasteiger partial charge in [0, 0.05) is 16.1 Å². The first-order chi connectivity index (χ1) is 11.1. The molecule has 0 bridgehead atoms. The molecule has 0 saturated heterocycles. The predicted octanol–water partition coefficient (Wildman–Crippen LogP) is 3.99. The van der Waals surface area contributed by atoms with Crippen molar-refractivity contribution in [1.82, 2.24) is 9.78 Å². The van der Waals surface area contributed by atoms with Crippen molar-refractivity contribution < 1.29 is 9.90 Å². The highest BCUT2D eigenvalue weighted by atomic mass is 35.5. The summed E-state index contributed by atoms with van der Waals surface area (Å²) in [7, 11) is 0. The maximum atomic E-state index is 11.6. The monoisotopic (exact) mass is 324 g/mol. The molecule has 0 aliphatic heterocycles. The highest BCUT2D eigenvalue weighted by molar-refractivity contribution is 6.30. The van der Waals surface area contributed by atoms with Gasteiger partial charge in [-0.25, -0.2) is 9.48 Å². The van der Waals surface area contributed by atoms with Crippen LogP contribution in [0.5, 0.6) is 0 Å². The van der Waals surface area contributed by atoms with E-state index < -0.39 is 5.97 Å². The van der Waals surface area contributed by atoms with E-state index in [-0.39, 0.29) is 5.69 Å². The standard InChI is InChI=1S/C18H13ClN2O2/c19-12-6-8-13(9-7-12)21-17-14-4-2-1-3-11(14)5-10-15(17)16(20-21)18(22)23/h1-4,6-9H,5,10H2,(H,22,23). The molecule has 1 N–H and O–H groups in total. The summed E-state index contributed by atoms with van der Waals surface area (Å²) in [6.07, 6.45) is 1.51. The largest absolute Gasteiger partial charge is 0.476 e. The smallest absolute Gasteiger partial charge is 0.356 e. The minimum atomic E-state index is -0.992. The zero-order valence-electron chi connectivity index (χ0n) is 12.2. The zero-order valence-corrected chi connectivity index (χ0v) is 12.9. The lowest BCUT2D eigenvalue weighted by atomic mass is 9.89. The molecule has 0 fully saturated rings. The number of hydrogen-bond donors (Lipinski definition) is 1. The molecule has 4 rings (SSSR count). The molecule has 23 heavy (non-hydrogen) atoms. The van der Waals surface area contributed by atoms with Crippen LogP contribution in [0.3, 0.4) is 0 Å². The normalized spacial score (nSPS) is 12.6. The minimum Gasteiger partial charge on any atom is -0.476 e. The Labute approximate surface area is 138 Å². The lowest BCUT2D eigenvalue weighted by Crippen LogP contribution is -2.08. The van der Waals surface area contributed by atoms with Gasteiger partial charge in [0.25, 0.3) is 0 Å². The van der Waals surface area contributed by atoms with E-state index >= 15 is 0 Å². The second kappa shape index (κ2) is 5.25. The molecule has 1 aliphatic rings. The molecule has 3 aromatic rings. The van der Waals surface area contributed by atoms with E-state index in [9.17, 15) is 9.90 Å². The van der Waals surface area contributed by atoms with Crippen molar-refractivity contribution in [2.75, 3.05) is 0 Å². The third kappa shape index (κ3) is 2.23. The number of carboxylic acids is 1. The van der Waals surface area contributed by atoms with Crippen molar-refractivity contribution in [2.45, 2.75) is 12.8 Å². The van der Waals surface area contributed by atoms with Gasteiger partial charge in [-0.05, 0) is 42.7 Å². The van der Waals surface area contributed by atoms with Crippen molar-refractivity contribution in [3.63, 3.8) is 0 Å². The molecular weight excluding hydrogens is 312 g/mol. The summed E-state index contributed by atoms with van der Waals surface area (Å²) in [5, 5.41) is 14.5. The lowest BCUT2D eigenvalue weighted by Gasteiger charge is -2.18. The van der Waals surface area contributed by atoms with Crippen LogP contribution in [0.1, 0.15) is 21.6 Å². The molecule has 1 aromatic heterocycles. The third-order valence-corrected chi connectivity index (χ3v) is 4.43. The fraction of sp³-hybridized carbons (Fsp3) is 0.111. The zero-order chi connectivity index (χ0) is 16.0. The molecule has 1 heterocycles. The number of halogens is 1. The highest BCUT2D eigenvalue weighted by Gasteiger charge is 2.28. The highest BCUT2D eigenvalue weighted by Crippen LogP contribution is 2.36. The predicted molar refractivity (Wildman–Crippen MR) is 88.4 cm³/mol. The van der Waals surface area contributed by atoms with Gasteiger partial charge in [-0.2, -0.15) is 5.10 Å². The summed E-state index contributed by atoms with van der Waals surface area (Å²) >= 11 is 5.96. The maximum absolute atomic E-state index is 11.6. The Morgan fingerprint density at radius 2 is 1.83 bits per heavy atom. The number of aromatic nitrogens is 2. The van der Waals surface area contributed by atoms with Crippen molar-refractivity contribution in [1.29, 1.82) is 0 Å².